The van der Waals surface area contributed by atoms with E-state index in [1.807, 2.05) is 5.32 Å². The smallest absolute Gasteiger partial charge is 0.417 e. The maximum Gasteiger partial charge on any atom is 0.417 e. The van der Waals surface area contributed by atoms with Crippen LogP contribution in [0.3, 0.4) is 0 Å². The second-order valence-corrected chi connectivity index (χ2v) is 3.73. The van der Waals surface area contributed by atoms with E-state index in [1.54, 1.807) is 5.32 Å². The van der Waals surface area contributed by atoms with Crippen LogP contribution in [0.2, 0.25) is 0 Å². The molecule has 0 aromatic carbocycles. The number of halogens is 3. The van der Waals surface area contributed by atoms with E-state index in [0.29, 0.717) is 6.92 Å². The maximum atomic E-state index is 12.5. The Bertz CT molecular complexity index is 372. The van der Waals surface area contributed by atoms with Crippen LogP contribution in [0.4, 0.5) is 18.0 Å². The highest BCUT2D eigenvalue weighted by atomic mass is 19.4. The third-order valence-corrected chi connectivity index (χ3v) is 2.31. The van der Waals surface area contributed by atoms with Gasteiger partial charge in [-0.25, -0.2) is 9.59 Å². The highest BCUT2D eigenvalue weighted by molar-refractivity contribution is 5.94. The molecular formula is C9H14F3N3O4. The largest absolute Gasteiger partial charge is 0.480 e. The van der Waals surface area contributed by atoms with Gasteiger partial charge in [0.2, 0.25) is 11.4 Å². The second kappa shape index (κ2) is 6.36. The highest BCUT2D eigenvalue weighted by Crippen LogP contribution is 2.30. The van der Waals surface area contributed by atoms with Crippen LogP contribution in [0.5, 0.6) is 0 Å². The summed E-state index contributed by atoms with van der Waals surface area (Å²) in [6, 6.07) is -0.804. The van der Waals surface area contributed by atoms with Crippen LogP contribution in [-0.4, -0.2) is 48.3 Å². The van der Waals surface area contributed by atoms with E-state index in [2.05, 4.69) is 5.32 Å². The van der Waals surface area contributed by atoms with Crippen molar-refractivity contribution in [1.82, 2.24) is 16.0 Å². The number of urea groups is 1. The zero-order valence-electron chi connectivity index (χ0n) is 10.2. The van der Waals surface area contributed by atoms with Crippen LogP contribution in [0.25, 0.3) is 0 Å². The second-order valence-electron chi connectivity index (χ2n) is 3.73. The monoisotopic (exact) mass is 285 g/mol. The van der Waals surface area contributed by atoms with Gasteiger partial charge in [0.15, 0.2) is 0 Å². The van der Waals surface area contributed by atoms with Crippen molar-refractivity contribution >= 4 is 17.9 Å². The number of carboxylic acids is 1. The first kappa shape index (κ1) is 17.2. The molecule has 0 spiro atoms. The standard InChI is InChI=1S/C9H14F3N3O4/c1-8(6(17)18,9(10,11)12)14-4-3-5(16)15-7(19)13-2/h14H,3-4H2,1-2H3,(H,17,18)(H2,13,15,16,19). The number of imide groups is 1. The number of carboxylic acid groups (broad SMARTS) is 1. The van der Waals surface area contributed by atoms with E-state index in [4.69, 9.17) is 5.11 Å². The molecule has 0 aromatic rings. The number of alkyl halides is 3. The number of hydrogen-bond donors (Lipinski definition) is 4. The molecule has 3 amide bonds. The van der Waals surface area contributed by atoms with Crippen LogP contribution >= 0.6 is 0 Å². The Morgan fingerprint density at radius 2 is 1.74 bits per heavy atom. The summed E-state index contributed by atoms with van der Waals surface area (Å²) in [4.78, 5) is 32.4. The summed E-state index contributed by atoms with van der Waals surface area (Å²) < 4.78 is 37.6. The fourth-order valence-electron chi connectivity index (χ4n) is 0.975. The number of nitrogens with one attached hydrogen (secondary N) is 3. The Kier molecular flexibility index (Phi) is 5.75. The van der Waals surface area contributed by atoms with Crippen molar-refractivity contribution in [3.05, 3.63) is 0 Å². The first-order valence-corrected chi connectivity index (χ1v) is 5.11. The first-order chi connectivity index (χ1) is 8.54. The minimum absolute atomic E-state index is 0.450. The van der Waals surface area contributed by atoms with Gasteiger partial charge in [0, 0.05) is 20.0 Å². The summed E-state index contributed by atoms with van der Waals surface area (Å²) >= 11 is 0. The Hall–Kier alpha value is -1.84. The predicted octanol–water partition coefficient (Wildman–Crippen LogP) is -0.173. The summed E-state index contributed by atoms with van der Waals surface area (Å²) in [5, 5.41) is 14.2. The lowest BCUT2D eigenvalue weighted by Gasteiger charge is -2.28. The fourth-order valence-corrected chi connectivity index (χ4v) is 0.975. The molecule has 0 radical (unpaired) electrons. The topological polar surface area (TPSA) is 108 Å². The predicted molar refractivity (Wildman–Crippen MR) is 57.3 cm³/mol. The Balaban J connectivity index is 4.42. The fraction of sp³-hybridized carbons (Fsp3) is 0.667. The minimum atomic E-state index is -5.02. The SMILES string of the molecule is CNC(=O)NC(=O)CCNC(C)(C(=O)O)C(F)(F)F. The molecule has 4 N–H and O–H groups in total. The number of rotatable bonds is 5. The van der Waals surface area contributed by atoms with Gasteiger partial charge in [-0.05, 0) is 6.92 Å². The van der Waals surface area contributed by atoms with E-state index in [1.165, 1.54) is 7.05 Å². The highest BCUT2D eigenvalue weighted by Gasteiger charge is 2.57. The van der Waals surface area contributed by atoms with Crippen molar-refractivity contribution in [2.45, 2.75) is 25.1 Å². The molecule has 0 aliphatic carbocycles. The Morgan fingerprint density at radius 3 is 2.11 bits per heavy atom. The van der Waals surface area contributed by atoms with Crippen molar-refractivity contribution in [2.75, 3.05) is 13.6 Å². The van der Waals surface area contributed by atoms with E-state index < -0.39 is 42.6 Å². The zero-order chi connectivity index (χ0) is 15.3. The van der Waals surface area contributed by atoms with Gasteiger partial charge in [0.05, 0.1) is 0 Å². The lowest BCUT2D eigenvalue weighted by molar-refractivity contribution is -0.206. The van der Waals surface area contributed by atoms with Gasteiger partial charge >= 0.3 is 18.2 Å². The minimum Gasteiger partial charge on any atom is -0.480 e. The third-order valence-electron chi connectivity index (χ3n) is 2.31. The Labute approximate surface area is 106 Å². The van der Waals surface area contributed by atoms with Crippen LogP contribution in [-0.2, 0) is 9.59 Å². The molecule has 0 bridgehead atoms. The van der Waals surface area contributed by atoms with Crippen LogP contribution in [0.15, 0.2) is 0 Å². The van der Waals surface area contributed by atoms with E-state index in [-0.39, 0.29) is 0 Å². The molecule has 7 nitrogen and oxygen atoms in total. The van der Waals surface area contributed by atoms with Gasteiger partial charge in [-0.15, -0.1) is 0 Å². The van der Waals surface area contributed by atoms with Crippen molar-refractivity contribution in [3.8, 4) is 0 Å². The normalized spacial score (nSPS) is 14.4. The number of amides is 3. The summed E-state index contributed by atoms with van der Waals surface area (Å²) in [7, 11) is 1.26. The molecule has 0 aromatic heterocycles. The number of carbonyl (C=O) groups excluding carboxylic acids is 2. The molecular weight excluding hydrogens is 271 g/mol. The van der Waals surface area contributed by atoms with E-state index in [0.717, 1.165) is 0 Å². The van der Waals surface area contributed by atoms with Crippen molar-refractivity contribution in [2.24, 2.45) is 0 Å². The molecule has 19 heavy (non-hydrogen) atoms. The van der Waals surface area contributed by atoms with Crippen molar-refractivity contribution < 1.29 is 32.7 Å². The number of hydrogen-bond acceptors (Lipinski definition) is 4. The summed E-state index contributed by atoms with van der Waals surface area (Å²) in [6.45, 7) is -0.100. The third kappa shape index (κ3) is 4.73. The van der Waals surface area contributed by atoms with Crippen LogP contribution < -0.4 is 16.0 Å². The molecule has 0 heterocycles. The van der Waals surface area contributed by atoms with Gasteiger partial charge < -0.3 is 10.4 Å². The molecule has 0 rings (SSSR count). The van der Waals surface area contributed by atoms with Gasteiger partial charge in [-0.2, -0.15) is 13.2 Å². The lowest BCUT2D eigenvalue weighted by Crippen LogP contribution is -2.60. The maximum absolute atomic E-state index is 12.5. The molecule has 0 saturated heterocycles. The molecule has 110 valence electrons. The molecule has 0 saturated carbocycles. The molecule has 1 atom stereocenters. The molecule has 0 aliphatic heterocycles. The molecule has 0 fully saturated rings. The van der Waals surface area contributed by atoms with Crippen molar-refractivity contribution in [3.63, 3.8) is 0 Å². The molecule has 1 unspecified atom stereocenters. The first-order valence-electron chi connectivity index (χ1n) is 5.11. The Morgan fingerprint density at radius 1 is 1.21 bits per heavy atom. The van der Waals surface area contributed by atoms with Crippen LogP contribution in [0.1, 0.15) is 13.3 Å². The van der Waals surface area contributed by atoms with E-state index in [9.17, 15) is 27.6 Å². The number of carbonyl (C=O) groups is 3. The van der Waals surface area contributed by atoms with Gasteiger partial charge in [-0.1, -0.05) is 0 Å². The average Bonchev–Trinajstić information content (AvgIpc) is 2.26. The molecule has 0 aliphatic rings. The van der Waals surface area contributed by atoms with E-state index >= 15 is 0 Å². The zero-order valence-corrected chi connectivity index (χ0v) is 10.2. The lowest BCUT2D eigenvalue weighted by atomic mass is 10.0. The van der Waals surface area contributed by atoms with Gasteiger partial charge in [0.25, 0.3) is 0 Å². The van der Waals surface area contributed by atoms with Crippen molar-refractivity contribution in [1.29, 1.82) is 0 Å². The summed E-state index contributed by atoms with van der Waals surface area (Å²) in [5.41, 5.74) is -3.15. The quantitative estimate of drug-likeness (QED) is 0.561. The number of aliphatic carboxylic acids is 1. The van der Waals surface area contributed by atoms with Crippen LogP contribution in [0, 0.1) is 0 Å². The summed E-state index contributed by atoms with van der Waals surface area (Å²) in [6.07, 6.45) is -5.50. The molecule has 10 heteroatoms. The van der Waals surface area contributed by atoms with Gasteiger partial charge in [-0.3, -0.25) is 15.4 Å². The van der Waals surface area contributed by atoms with Gasteiger partial charge in [0.1, 0.15) is 0 Å². The average molecular weight is 285 g/mol. The summed E-state index contributed by atoms with van der Waals surface area (Å²) in [5.74, 6) is -2.94.